The molecule has 1 N–H and O–H groups in total. The van der Waals surface area contributed by atoms with Gasteiger partial charge in [-0.3, -0.25) is 4.99 Å². The number of nitrogens with one attached hydrogen (secondary N) is 1. The van der Waals surface area contributed by atoms with Crippen molar-refractivity contribution >= 4 is 41.3 Å². The van der Waals surface area contributed by atoms with E-state index in [-0.39, 0.29) is 24.0 Å². The lowest BCUT2D eigenvalue weighted by Gasteiger charge is -2.25. The SMILES string of the molecule is CCCN=C(NCCc1ccco1)N(C)CC(C)c1nccs1.I. The Kier molecular flexibility index (Phi) is 10.0. The Hall–Kier alpha value is -1.09. The number of hydrogen-bond acceptors (Lipinski definition) is 4. The second-order valence-corrected chi connectivity index (χ2v) is 6.54. The van der Waals surface area contributed by atoms with Crippen molar-refractivity contribution < 1.29 is 4.42 Å². The molecule has 0 spiro atoms. The van der Waals surface area contributed by atoms with Crippen molar-refractivity contribution in [3.8, 4) is 0 Å². The van der Waals surface area contributed by atoms with E-state index in [4.69, 9.17) is 4.42 Å². The molecular weight excluding hydrogens is 435 g/mol. The lowest BCUT2D eigenvalue weighted by molar-refractivity contribution is 0.442. The highest BCUT2D eigenvalue weighted by Gasteiger charge is 2.14. The topological polar surface area (TPSA) is 53.7 Å². The Morgan fingerprint density at radius 1 is 1.50 bits per heavy atom. The fraction of sp³-hybridized carbons (Fsp3) is 0.529. The highest BCUT2D eigenvalue weighted by molar-refractivity contribution is 14.0. The van der Waals surface area contributed by atoms with Crippen molar-refractivity contribution in [3.05, 3.63) is 40.7 Å². The highest BCUT2D eigenvalue weighted by atomic mass is 127. The average molecular weight is 462 g/mol. The highest BCUT2D eigenvalue weighted by Crippen LogP contribution is 2.18. The van der Waals surface area contributed by atoms with E-state index in [1.807, 2.05) is 23.7 Å². The van der Waals surface area contributed by atoms with Gasteiger partial charge in [0.15, 0.2) is 5.96 Å². The van der Waals surface area contributed by atoms with E-state index in [9.17, 15) is 0 Å². The van der Waals surface area contributed by atoms with Gasteiger partial charge in [-0.2, -0.15) is 0 Å². The standard InChI is InChI=1S/C17H26N4OS.HI/c1-4-8-19-17(20-9-7-15-6-5-11-22-15)21(3)13-14(2)16-18-10-12-23-16;/h5-6,10-12,14H,4,7-9,13H2,1-3H3,(H,19,20);1H. The van der Waals surface area contributed by atoms with Crippen molar-refractivity contribution in [2.45, 2.75) is 32.6 Å². The van der Waals surface area contributed by atoms with Crippen LogP contribution in [-0.2, 0) is 6.42 Å². The minimum Gasteiger partial charge on any atom is -0.469 e. The first kappa shape index (κ1) is 21.0. The summed E-state index contributed by atoms with van der Waals surface area (Å²) in [7, 11) is 2.08. The van der Waals surface area contributed by atoms with Crippen LogP contribution in [0, 0.1) is 0 Å². The van der Waals surface area contributed by atoms with E-state index >= 15 is 0 Å². The lowest BCUT2D eigenvalue weighted by Crippen LogP contribution is -2.41. The summed E-state index contributed by atoms with van der Waals surface area (Å²) >= 11 is 1.71. The fourth-order valence-electron chi connectivity index (χ4n) is 2.33. The van der Waals surface area contributed by atoms with Crippen LogP contribution in [0.5, 0.6) is 0 Å². The summed E-state index contributed by atoms with van der Waals surface area (Å²) in [6.07, 6.45) is 5.47. The lowest BCUT2D eigenvalue weighted by atomic mass is 10.2. The molecule has 0 fully saturated rings. The molecule has 1 atom stereocenters. The maximum absolute atomic E-state index is 5.37. The molecule has 2 heterocycles. The van der Waals surface area contributed by atoms with Gasteiger partial charge in [-0.05, 0) is 18.6 Å². The fourth-order valence-corrected chi connectivity index (χ4v) is 3.02. The summed E-state index contributed by atoms with van der Waals surface area (Å²) in [4.78, 5) is 11.3. The van der Waals surface area contributed by atoms with Crippen molar-refractivity contribution in [1.29, 1.82) is 0 Å². The third-order valence-corrected chi connectivity index (χ3v) is 4.51. The molecule has 1 unspecified atom stereocenters. The molecule has 0 amide bonds. The van der Waals surface area contributed by atoms with Gasteiger partial charge in [0.2, 0.25) is 0 Å². The van der Waals surface area contributed by atoms with E-state index < -0.39 is 0 Å². The van der Waals surface area contributed by atoms with Crippen LogP contribution in [0.4, 0.5) is 0 Å². The molecule has 2 rings (SSSR count). The normalized spacial score (nSPS) is 12.5. The first-order valence-corrected chi connectivity index (χ1v) is 9.00. The molecule has 0 saturated carbocycles. The molecule has 24 heavy (non-hydrogen) atoms. The van der Waals surface area contributed by atoms with Crippen molar-refractivity contribution in [2.75, 3.05) is 26.7 Å². The summed E-state index contributed by atoms with van der Waals surface area (Å²) in [5.41, 5.74) is 0. The number of aromatic nitrogens is 1. The molecule has 2 aromatic heterocycles. The van der Waals surface area contributed by atoms with Gasteiger partial charge in [0.05, 0.1) is 11.3 Å². The van der Waals surface area contributed by atoms with E-state index in [0.29, 0.717) is 5.92 Å². The quantitative estimate of drug-likeness (QED) is 0.366. The molecular formula is C17H27IN4OS. The number of nitrogens with zero attached hydrogens (tertiary/aromatic N) is 3. The molecule has 0 aliphatic rings. The van der Waals surface area contributed by atoms with Crippen molar-refractivity contribution in [3.63, 3.8) is 0 Å². The molecule has 0 aromatic carbocycles. The summed E-state index contributed by atoms with van der Waals surface area (Å²) in [6.45, 7) is 6.88. The Bertz CT molecular complexity index is 571. The van der Waals surface area contributed by atoms with Crippen LogP contribution in [0.3, 0.4) is 0 Å². The zero-order chi connectivity index (χ0) is 16.5. The molecule has 5 nitrogen and oxygen atoms in total. The molecule has 0 aliphatic heterocycles. The average Bonchev–Trinajstić information content (AvgIpc) is 3.23. The number of rotatable bonds is 8. The van der Waals surface area contributed by atoms with Crippen molar-refractivity contribution in [2.24, 2.45) is 4.99 Å². The minimum absolute atomic E-state index is 0. The van der Waals surface area contributed by atoms with Crippen LogP contribution >= 0.6 is 35.3 Å². The second kappa shape index (κ2) is 11.5. The van der Waals surface area contributed by atoms with E-state index in [1.54, 1.807) is 17.6 Å². The molecule has 0 aliphatic carbocycles. The molecule has 7 heteroatoms. The van der Waals surface area contributed by atoms with E-state index in [1.165, 1.54) is 5.01 Å². The van der Waals surface area contributed by atoms with Gasteiger partial charge in [-0.15, -0.1) is 35.3 Å². The van der Waals surface area contributed by atoms with Gasteiger partial charge in [0.1, 0.15) is 5.76 Å². The number of thiazole rings is 1. The first-order valence-electron chi connectivity index (χ1n) is 8.12. The summed E-state index contributed by atoms with van der Waals surface area (Å²) in [5.74, 6) is 2.33. The van der Waals surface area contributed by atoms with Crippen LogP contribution in [-0.4, -0.2) is 42.5 Å². The molecule has 0 radical (unpaired) electrons. The van der Waals surface area contributed by atoms with E-state index in [2.05, 4.69) is 41.1 Å². The van der Waals surface area contributed by atoms with Crippen molar-refractivity contribution in [1.82, 2.24) is 15.2 Å². The van der Waals surface area contributed by atoms with Crippen LogP contribution in [0.1, 0.15) is 37.0 Å². The van der Waals surface area contributed by atoms with Gasteiger partial charge in [-0.1, -0.05) is 13.8 Å². The Labute approximate surface area is 165 Å². The summed E-state index contributed by atoms with van der Waals surface area (Å²) in [6, 6.07) is 3.92. The zero-order valence-electron chi connectivity index (χ0n) is 14.6. The van der Waals surface area contributed by atoms with Gasteiger partial charge in [-0.25, -0.2) is 4.98 Å². The Balaban J connectivity index is 0.00000288. The monoisotopic (exact) mass is 462 g/mol. The number of furan rings is 1. The zero-order valence-corrected chi connectivity index (χ0v) is 17.7. The van der Waals surface area contributed by atoms with Crippen LogP contribution < -0.4 is 5.32 Å². The maximum atomic E-state index is 5.37. The maximum Gasteiger partial charge on any atom is 0.193 e. The summed E-state index contributed by atoms with van der Waals surface area (Å²) < 4.78 is 5.37. The Morgan fingerprint density at radius 3 is 2.96 bits per heavy atom. The minimum atomic E-state index is 0. The van der Waals surface area contributed by atoms with Gasteiger partial charge in [0, 0.05) is 50.6 Å². The van der Waals surface area contributed by atoms with Gasteiger partial charge < -0.3 is 14.6 Å². The predicted molar refractivity (Wildman–Crippen MR) is 112 cm³/mol. The number of likely N-dealkylation sites (N-methyl/N-ethyl adjacent to an activating group) is 1. The van der Waals surface area contributed by atoms with Crippen LogP contribution in [0.25, 0.3) is 0 Å². The second-order valence-electron chi connectivity index (χ2n) is 5.61. The first-order chi connectivity index (χ1) is 11.2. The third kappa shape index (κ3) is 6.80. The molecule has 2 aromatic rings. The van der Waals surface area contributed by atoms with Gasteiger partial charge >= 0.3 is 0 Å². The molecule has 0 saturated heterocycles. The van der Waals surface area contributed by atoms with Crippen LogP contribution in [0.15, 0.2) is 39.4 Å². The van der Waals surface area contributed by atoms with E-state index in [0.717, 1.165) is 44.2 Å². The number of halogens is 1. The largest absolute Gasteiger partial charge is 0.469 e. The smallest absolute Gasteiger partial charge is 0.193 e. The summed E-state index contributed by atoms with van der Waals surface area (Å²) in [5, 5.41) is 6.64. The third-order valence-electron chi connectivity index (χ3n) is 3.50. The number of hydrogen-bond donors (Lipinski definition) is 1. The molecule has 134 valence electrons. The van der Waals surface area contributed by atoms with Gasteiger partial charge in [0.25, 0.3) is 0 Å². The molecule has 0 bridgehead atoms. The number of guanidine groups is 1. The predicted octanol–water partition coefficient (Wildman–Crippen LogP) is 3.99. The Morgan fingerprint density at radius 2 is 2.33 bits per heavy atom. The van der Waals surface area contributed by atoms with Crippen LogP contribution in [0.2, 0.25) is 0 Å². The number of aliphatic imine (C=N–C) groups is 1.